The summed E-state index contributed by atoms with van der Waals surface area (Å²) in [5, 5.41) is 0. The molecule has 162 valence electrons. The molecule has 1 aromatic carbocycles. The van der Waals surface area contributed by atoms with Crippen LogP contribution in [0.15, 0.2) is 23.1 Å². The summed E-state index contributed by atoms with van der Waals surface area (Å²) in [5.41, 5.74) is 5.64. The number of fused-ring (bicyclic) bond motifs is 1. The molecule has 6 nitrogen and oxygen atoms in total. The Kier molecular flexibility index (Phi) is 6.31. The summed E-state index contributed by atoms with van der Waals surface area (Å²) in [6.45, 7) is 4.72. The second-order valence-electron chi connectivity index (χ2n) is 8.68. The Labute approximate surface area is 171 Å². The van der Waals surface area contributed by atoms with Crippen LogP contribution in [0.1, 0.15) is 33.1 Å². The van der Waals surface area contributed by atoms with E-state index in [-0.39, 0.29) is 28.7 Å². The van der Waals surface area contributed by atoms with Gasteiger partial charge in [0, 0.05) is 19.1 Å². The van der Waals surface area contributed by atoms with Crippen molar-refractivity contribution in [3.05, 3.63) is 29.8 Å². The van der Waals surface area contributed by atoms with Crippen molar-refractivity contribution in [1.29, 1.82) is 0 Å². The van der Waals surface area contributed by atoms with E-state index in [9.17, 15) is 22.0 Å². The summed E-state index contributed by atoms with van der Waals surface area (Å²) in [5.74, 6) is -2.06. The average molecular weight is 430 g/mol. The van der Waals surface area contributed by atoms with Crippen LogP contribution in [-0.2, 0) is 14.8 Å². The third-order valence-corrected chi connectivity index (χ3v) is 8.18. The largest absolute Gasteiger partial charge is 0.368 e. The third-order valence-electron chi connectivity index (χ3n) is 6.35. The molecule has 9 heteroatoms. The van der Waals surface area contributed by atoms with Crippen molar-refractivity contribution in [2.24, 2.45) is 23.5 Å². The minimum Gasteiger partial charge on any atom is -0.368 e. The van der Waals surface area contributed by atoms with Crippen molar-refractivity contribution in [2.75, 3.05) is 20.1 Å². The van der Waals surface area contributed by atoms with E-state index in [4.69, 9.17) is 5.73 Å². The number of nitrogens with two attached hydrogens (primary N) is 1. The van der Waals surface area contributed by atoms with Gasteiger partial charge in [-0.1, -0.05) is 13.8 Å². The lowest BCUT2D eigenvalue weighted by Gasteiger charge is -2.35. The zero-order chi connectivity index (χ0) is 21.5. The fourth-order valence-electron chi connectivity index (χ4n) is 4.84. The minimum atomic E-state index is -3.91. The fourth-order valence-corrected chi connectivity index (χ4v) is 6.39. The Morgan fingerprint density at radius 3 is 2.52 bits per heavy atom. The highest BCUT2D eigenvalue weighted by atomic mass is 32.2. The van der Waals surface area contributed by atoms with Crippen molar-refractivity contribution >= 4 is 15.9 Å². The maximum atomic E-state index is 13.6. The second kappa shape index (κ2) is 8.28. The maximum Gasteiger partial charge on any atom is 0.243 e. The van der Waals surface area contributed by atoms with Gasteiger partial charge in [-0.3, -0.25) is 9.69 Å². The first-order valence-corrected chi connectivity index (χ1v) is 11.4. The summed E-state index contributed by atoms with van der Waals surface area (Å²) in [6.07, 6.45) is 2.39. The highest BCUT2D eigenvalue weighted by Gasteiger charge is 2.48. The number of hydrogen-bond donors (Lipinski definition) is 1. The SMILES string of the molecule is CC(C)C[C@@H](C(N)=O)N(C)[C@@H]1CC[C@H]2CN(S(=O)(=O)c3ccc(F)c(F)c3)C[C@H]21. The van der Waals surface area contributed by atoms with Gasteiger partial charge < -0.3 is 5.73 Å². The maximum absolute atomic E-state index is 13.6. The first kappa shape index (κ1) is 22.1. The van der Waals surface area contributed by atoms with E-state index in [1.807, 2.05) is 25.8 Å². The van der Waals surface area contributed by atoms with Crippen LogP contribution in [0.5, 0.6) is 0 Å². The van der Waals surface area contributed by atoms with E-state index < -0.39 is 27.7 Å². The molecule has 0 radical (unpaired) electrons. The lowest BCUT2D eigenvalue weighted by atomic mass is 9.94. The van der Waals surface area contributed by atoms with Crippen LogP contribution in [-0.4, -0.2) is 55.8 Å². The average Bonchev–Trinajstić information content (AvgIpc) is 3.22. The minimum absolute atomic E-state index is 0.0569. The highest BCUT2D eigenvalue weighted by Crippen LogP contribution is 2.42. The van der Waals surface area contributed by atoms with E-state index in [1.54, 1.807) is 0 Å². The first-order valence-electron chi connectivity index (χ1n) is 9.98. The number of primary amides is 1. The highest BCUT2D eigenvalue weighted by molar-refractivity contribution is 7.89. The Morgan fingerprint density at radius 1 is 1.24 bits per heavy atom. The predicted molar refractivity (Wildman–Crippen MR) is 105 cm³/mol. The summed E-state index contributed by atoms with van der Waals surface area (Å²) in [4.78, 5) is 13.8. The molecule has 4 atom stereocenters. The summed E-state index contributed by atoms with van der Waals surface area (Å²) in [6, 6.07) is 2.32. The van der Waals surface area contributed by atoms with E-state index in [0.717, 1.165) is 31.0 Å². The fraction of sp³-hybridized carbons (Fsp3) is 0.650. The van der Waals surface area contributed by atoms with Crippen LogP contribution in [0.25, 0.3) is 0 Å². The van der Waals surface area contributed by atoms with E-state index in [0.29, 0.717) is 25.4 Å². The number of rotatable bonds is 7. The van der Waals surface area contributed by atoms with E-state index >= 15 is 0 Å². The zero-order valence-corrected chi connectivity index (χ0v) is 17.8. The van der Waals surface area contributed by atoms with Crippen molar-refractivity contribution < 1.29 is 22.0 Å². The normalized spacial score (nSPS) is 26.2. The number of carbonyl (C=O) groups excluding carboxylic acids is 1. The van der Waals surface area contributed by atoms with Crippen molar-refractivity contribution in [3.8, 4) is 0 Å². The van der Waals surface area contributed by atoms with Gasteiger partial charge in [0.25, 0.3) is 0 Å². The molecule has 1 aromatic rings. The zero-order valence-electron chi connectivity index (χ0n) is 17.0. The number of sulfonamides is 1. The second-order valence-corrected chi connectivity index (χ2v) is 10.6. The van der Waals surface area contributed by atoms with Crippen molar-refractivity contribution in [1.82, 2.24) is 9.21 Å². The molecule has 2 fully saturated rings. The molecule has 1 amide bonds. The van der Waals surface area contributed by atoms with Crippen LogP contribution < -0.4 is 5.73 Å². The van der Waals surface area contributed by atoms with E-state index in [2.05, 4.69) is 0 Å². The summed E-state index contributed by atoms with van der Waals surface area (Å²) >= 11 is 0. The Bertz CT molecular complexity index is 878. The predicted octanol–water partition coefficient (Wildman–Crippen LogP) is 2.20. The number of nitrogens with zero attached hydrogens (tertiary/aromatic N) is 2. The van der Waals surface area contributed by atoms with Gasteiger partial charge in [-0.15, -0.1) is 0 Å². The molecule has 0 unspecified atom stereocenters. The number of amides is 1. The summed E-state index contributed by atoms with van der Waals surface area (Å²) < 4.78 is 54.0. The van der Waals surface area contributed by atoms with Gasteiger partial charge in [0.15, 0.2) is 11.6 Å². The molecule has 1 heterocycles. The number of halogens is 2. The molecule has 1 saturated heterocycles. The van der Waals surface area contributed by atoms with E-state index in [1.165, 1.54) is 4.31 Å². The molecule has 0 spiro atoms. The Morgan fingerprint density at radius 2 is 1.93 bits per heavy atom. The molecule has 2 aliphatic rings. The molecular weight excluding hydrogens is 400 g/mol. The molecule has 1 saturated carbocycles. The lowest BCUT2D eigenvalue weighted by molar-refractivity contribution is -0.124. The molecule has 29 heavy (non-hydrogen) atoms. The molecule has 1 aliphatic carbocycles. The van der Waals surface area contributed by atoms with Gasteiger partial charge in [-0.05, 0) is 62.3 Å². The van der Waals surface area contributed by atoms with Crippen LogP contribution in [0.2, 0.25) is 0 Å². The monoisotopic (exact) mass is 429 g/mol. The van der Waals surface area contributed by atoms with Gasteiger partial charge in [0.05, 0.1) is 10.9 Å². The number of benzene rings is 1. The first-order chi connectivity index (χ1) is 13.5. The lowest BCUT2D eigenvalue weighted by Crippen LogP contribution is -2.50. The Hall–Kier alpha value is -1.58. The smallest absolute Gasteiger partial charge is 0.243 e. The van der Waals surface area contributed by atoms with Gasteiger partial charge in [0.2, 0.25) is 15.9 Å². The molecular formula is C20H29F2N3O3S. The molecule has 0 aromatic heterocycles. The molecule has 3 rings (SSSR count). The van der Waals surface area contributed by atoms with Gasteiger partial charge in [-0.25, -0.2) is 17.2 Å². The summed E-state index contributed by atoms with van der Waals surface area (Å²) in [7, 11) is -2.02. The molecule has 0 bridgehead atoms. The van der Waals surface area contributed by atoms with Gasteiger partial charge in [0.1, 0.15) is 0 Å². The molecule has 1 aliphatic heterocycles. The standard InChI is InChI=1S/C20H29F2N3O3S/c1-12(2)8-19(20(23)26)24(3)18-7-4-13-10-25(11-15(13)18)29(27,28)14-5-6-16(21)17(22)9-14/h5-6,9,12-13,15,18-19H,4,7-8,10-11H2,1-3H3,(H2,23,26)/t13-,15+,18+,19-/m0/s1. The van der Waals surface area contributed by atoms with Crippen LogP contribution >= 0.6 is 0 Å². The number of hydrogen-bond acceptors (Lipinski definition) is 4. The van der Waals surface area contributed by atoms with Crippen LogP contribution in [0, 0.1) is 29.4 Å². The number of likely N-dealkylation sites (N-methyl/N-ethyl adjacent to an activating group) is 1. The quantitative estimate of drug-likeness (QED) is 0.720. The van der Waals surface area contributed by atoms with Gasteiger partial charge in [-0.2, -0.15) is 4.31 Å². The van der Waals surface area contributed by atoms with Crippen molar-refractivity contribution in [2.45, 2.75) is 50.1 Å². The number of carbonyl (C=O) groups is 1. The third kappa shape index (κ3) is 4.32. The topological polar surface area (TPSA) is 83.7 Å². The van der Waals surface area contributed by atoms with Crippen LogP contribution in [0.3, 0.4) is 0 Å². The van der Waals surface area contributed by atoms with Crippen LogP contribution in [0.4, 0.5) is 8.78 Å². The van der Waals surface area contributed by atoms with Gasteiger partial charge >= 0.3 is 0 Å². The molecule has 2 N–H and O–H groups in total. The van der Waals surface area contributed by atoms with Crippen molar-refractivity contribution in [3.63, 3.8) is 0 Å². The Balaban J connectivity index is 1.78.